The first-order chi connectivity index (χ1) is 11.3. The molecule has 2 heterocycles. The van der Waals surface area contributed by atoms with Gasteiger partial charge in [0.05, 0.1) is 7.11 Å². The van der Waals surface area contributed by atoms with Gasteiger partial charge in [-0.3, -0.25) is 9.78 Å². The second-order valence-corrected chi connectivity index (χ2v) is 5.59. The van der Waals surface area contributed by atoms with Crippen molar-refractivity contribution in [2.24, 2.45) is 0 Å². The molecule has 2 aromatic rings. The molecular formula is C18H21N3O2. The summed E-state index contributed by atoms with van der Waals surface area (Å²) in [5, 5.41) is 2.91. The molecule has 3 rings (SSSR count). The monoisotopic (exact) mass is 311 g/mol. The van der Waals surface area contributed by atoms with Crippen LogP contribution in [-0.2, 0) is 6.54 Å². The van der Waals surface area contributed by atoms with Gasteiger partial charge in [0.25, 0.3) is 5.91 Å². The van der Waals surface area contributed by atoms with E-state index in [-0.39, 0.29) is 5.91 Å². The fraction of sp³-hybridized carbons (Fsp3) is 0.333. The molecule has 0 spiro atoms. The van der Waals surface area contributed by atoms with E-state index in [9.17, 15) is 4.79 Å². The molecule has 1 saturated heterocycles. The van der Waals surface area contributed by atoms with Gasteiger partial charge < -0.3 is 15.0 Å². The van der Waals surface area contributed by atoms with Crippen molar-refractivity contribution >= 4 is 11.6 Å². The zero-order chi connectivity index (χ0) is 16.1. The molecule has 1 aliphatic rings. The summed E-state index contributed by atoms with van der Waals surface area (Å²) >= 11 is 0. The second kappa shape index (κ2) is 7.13. The third kappa shape index (κ3) is 3.62. The number of hydrogen-bond acceptors (Lipinski definition) is 4. The van der Waals surface area contributed by atoms with Crippen LogP contribution in [0.3, 0.4) is 0 Å². The normalized spacial score (nSPS) is 13.9. The summed E-state index contributed by atoms with van der Waals surface area (Å²) in [4.78, 5) is 18.8. The number of nitrogens with zero attached hydrogens (tertiary/aromatic N) is 2. The lowest BCUT2D eigenvalue weighted by atomic mass is 10.2. The molecule has 1 amide bonds. The van der Waals surface area contributed by atoms with Gasteiger partial charge in [-0.25, -0.2) is 0 Å². The minimum Gasteiger partial charge on any atom is -0.496 e. The largest absolute Gasteiger partial charge is 0.496 e. The Bertz CT molecular complexity index is 681. The Labute approximate surface area is 136 Å². The number of pyridine rings is 1. The van der Waals surface area contributed by atoms with Gasteiger partial charge >= 0.3 is 0 Å². The lowest BCUT2D eigenvalue weighted by Gasteiger charge is -2.17. The number of anilines is 1. The topological polar surface area (TPSA) is 54.5 Å². The number of ether oxygens (including phenoxy) is 1. The number of nitrogens with one attached hydrogen (secondary N) is 1. The Balaban J connectivity index is 1.67. The molecule has 0 unspecified atom stereocenters. The third-order valence-corrected chi connectivity index (χ3v) is 4.08. The number of para-hydroxylation sites is 1. The van der Waals surface area contributed by atoms with Gasteiger partial charge in [-0.15, -0.1) is 0 Å². The van der Waals surface area contributed by atoms with Crippen molar-refractivity contribution in [1.29, 1.82) is 0 Å². The number of hydrogen-bond donors (Lipinski definition) is 1. The van der Waals surface area contributed by atoms with Crippen molar-refractivity contribution in [3.05, 3.63) is 53.9 Å². The van der Waals surface area contributed by atoms with E-state index in [1.165, 1.54) is 12.8 Å². The van der Waals surface area contributed by atoms with E-state index < -0.39 is 0 Å². The van der Waals surface area contributed by atoms with Gasteiger partial charge in [-0.1, -0.05) is 18.2 Å². The molecule has 1 aliphatic heterocycles. The summed E-state index contributed by atoms with van der Waals surface area (Å²) in [5.41, 5.74) is 2.46. The van der Waals surface area contributed by atoms with Crippen LogP contribution in [0.25, 0.3) is 0 Å². The molecule has 0 radical (unpaired) electrons. The Morgan fingerprint density at radius 1 is 1.26 bits per heavy atom. The zero-order valence-corrected chi connectivity index (χ0v) is 13.3. The van der Waals surface area contributed by atoms with Crippen molar-refractivity contribution in [1.82, 2.24) is 10.3 Å². The molecule has 23 heavy (non-hydrogen) atoms. The highest BCUT2D eigenvalue weighted by molar-refractivity contribution is 5.93. The van der Waals surface area contributed by atoms with Crippen molar-refractivity contribution in [2.75, 3.05) is 25.1 Å². The summed E-state index contributed by atoms with van der Waals surface area (Å²) in [7, 11) is 1.63. The molecule has 1 aromatic heterocycles. The molecule has 0 atom stereocenters. The first kappa shape index (κ1) is 15.3. The lowest BCUT2D eigenvalue weighted by Crippen LogP contribution is -2.25. The van der Waals surface area contributed by atoms with Crippen LogP contribution in [0.5, 0.6) is 5.75 Å². The quantitative estimate of drug-likeness (QED) is 0.922. The van der Waals surface area contributed by atoms with Crippen LogP contribution in [0.15, 0.2) is 42.6 Å². The number of carbonyl (C=O) groups excluding carboxylic acids is 1. The molecule has 0 bridgehead atoms. The molecule has 1 fully saturated rings. The minimum absolute atomic E-state index is 0.169. The number of methoxy groups -OCH3 is 1. The van der Waals surface area contributed by atoms with Crippen molar-refractivity contribution in [3.8, 4) is 5.75 Å². The van der Waals surface area contributed by atoms with Gasteiger partial charge in [0.2, 0.25) is 0 Å². The van der Waals surface area contributed by atoms with Gasteiger partial charge in [0.1, 0.15) is 11.4 Å². The molecule has 5 heteroatoms. The van der Waals surface area contributed by atoms with E-state index in [1.54, 1.807) is 13.3 Å². The summed E-state index contributed by atoms with van der Waals surface area (Å²) in [6.45, 7) is 2.51. The third-order valence-electron chi connectivity index (χ3n) is 4.08. The molecule has 1 N–H and O–H groups in total. The fourth-order valence-electron chi connectivity index (χ4n) is 2.83. The molecule has 0 aliphatic carbocycles. The van der Waals surface area contributed by atoms with Crippen LogP contribution in [-0.4, -0.2) is 31.1 Å². The van der Waals surface area contributed by atoms with E-state index >= 15 is 0 Å². The fourth-order valence-corrected chi connectivity index (χ4v) is 2.83. The van der Waals surface area contributed by atoms with Crippen LogP contribution >= 0.6 is 0 Å². The maximum Gasteiger partial charge on any atom is 0.270 e. The second-order valence-electron chi connectivity index (χ2n) is 5.59. The summed E-state index contributed by atoms with van der Waals surface area (Å²) in [6.07, 6.45) is 4.11. The summed E-state index contributed by atoms with van der Waals surface area (Å²) < 4.78 is 5.30. The van der Waals surface area contributed by atoms with Gasteiger partial charge in [-0.05, 0) is 31.0 Å². The smallest absolute Gasteiger partial charge is 0.270 e. The Kier molecular flexibility index (Phi) is 4.76. The van der Waals surface area contributed by atoms with Crippen molar-refractivity contribution in [2.45, 2.75) is 19.4 Å². The molecule has 1 aromatic carbocycles. The standard InChI is InChI=1S/C18H21N3O2/c1-23-17-7-3-2-6-14(17)13-20-18(22)16-12-15(8-9-19-16)21-10-4-5-11-21/h2-3,6-9,12H,4-5,10-11,13H2,1H3,(H,20,22). The number of carbonyl (C=O) groups is 1. The Hall–Kier alpha value is -2.56. The van der Waals surface area contributed by atoms with E-state index in [0.717, 1.165) is 30.1 Å². The predicted octanol–water partition coefficient (Wildman–Crippen LogP) is 2.62. The van der Waals surface area contributed by atoms with E-state index in [1.807, 2.05) is 36.4 Å². The first-order valence-corrected chi connectivity index (χ1v) is 7.89. The maximum absolute atomic E-state index is 12.4. The molecule has 120 valence electrons. The van der Waals surface area contributed by atoms with Crippen LogP contribution in [0.1, 0.15) is 28.9 Å². The van der Waals surface area contributed by atoms with Gasteiger partial charge in [-0.2, -0.15) is 0 Å². The number of rotatable bonds is 5. The average molecular weight is 311 g/mol. The lowest BCUT2D eigenvalue weighted by molar-refractivity contribution is 0.0945. The predicted molar refractivity (Wildman–Crippen MR) is 89.8 cm³/mol. The molecule has 5 nitrogen and oxygen atoms in total. The summed E-state index contributed by atoms with van der Waals surface area (Å²) in [6, 6.07) is 11.5. The SMILES string of the molecule is COc1ccccc1CNC(=O)c1cc(N2CCCC2)ccn1. The van der Waals surface area contributed by atoms with Crippen LogP contribution < -0.4 is 15.0 Å². The highest BCUT2D eigenvalue weighted by Gasteiger charge is 2.15. The van der Waals surface area contributed by atoms with E-state index in [4.69, 9.17) is 4.74 Å². The number of aromatic nitrogens is 1. The van der Waals surface area contributed by atoms with Crippen LogP contribution in [0, 0.1) is 0 Å². The highest BCUT2D eigenvalue weighted by Crippen LogP contribution is 2.20. The van der Waals surface area contributed by atoms with Gasteiger partial charge in [0.15, 0.2) is 0 Å². The van der Waals surface area contributed by atoms with Crippen LogP contribution in [0.2, 0.25) is 0 Å². The Morgan fingerprint density at radius 2 is 2.04 bits per heavy atom. The van der Waals surface area contributed by atoms with Gasteiger partial charge in [0, 0.05) is 37.1 Å². The molecule has 0 saturated carbocycles. The number of amides is 1. The number of benzene rings is 1. The first-order valence-electron chi connectivity index (χ1n) is 7.89. The Morgan fingerprint density at radius 3 is 2.83 bits per heavy atom. The average Bonchev–Trinajstić information content (AvgIpc) is 3.14. The summed E-state index contributed by atoms with van der Waals surface area (Å²) in [5.74, 6) is 0.600. The highest BCUT2D eigenvalue weighted by atomic mass is 16.5. The van der Waals surface area contributed by atoms with E-state index in [0.29, 0.717) is 12.2 Å². The molecular weight excluding hydrogens is 290 g/mol. The van der Waals surface area contributed by atoms with Crippen LogP contribution in [0.4, 0.5) is 5.69 Å². The van der Waals surface area contributed by atoms with Crippen molar-refractivity contribution < 1.29 is 9.53 Å². The van der Waals surface area contributed by atoms with Crippen molar-refractivity contribution in [3.63, 3.8) is 0 Å². The van der Waals surface area contributed by atoms with E-state index in [2.05, 4.69) is 15.2 Å². The maximum atomic E-state index is 12.4. The zero-order valence-electron chi connectivity index (χ0n) is 13.3. The minimum atomic E-state index is -0.169.